The van der Waals surface area contributed by atoms with Gasteiger partial charge in [-0.15, -0.1) is 0 Å². The summed E-state index contributed by atoms with van der Waals surface area (Å²) >= 11 is 0. The Morgan fingerprint density at radius 2 is 2.15 bits per heavy atom. The van der Waals surface area contributed by atoms with Crippen LogP contribution in [-0.2, 0) is 11.3 Å². The van der Waals surface area contributed by atoms with E-state index < -0.39 is 0 Å². The largest absolute Gasteiger partial charge is 0.376 e. The Labute approximate surface area is 123 Å². The Morgan fingerprint density at radius 1 is 1.30 bits per heavy atom. The van der Waals surface area contributed by atoms with Crippen molar-refractivity contribution in [3.8, 4) is 0 Å². The minimum absolute atomic E-state index is 0.394. The van der Waals surface area contributed by atoms with Crippen molar-refractivity contribution in [2.24, 2.45) is 0 Å². The smallest absolute Gasteiger partial charge is 0.0749 e. The van der Waals surface area contributed by atoms with Crippen molar-refractivity contribution in [2.45, 2.75) is 45.3 Å². The van der Waals surface area contributed by atoms with E-state index in [2.05, 4.69) is 48.5 Å². The fourth-order valence-electron chi connectivity index (χ4n) is 2.79. The molecule has 0 spiro atoms. The van der Waals surface area contributed by atoms with Crippen molar-refractivity contribution >= 4 is 5.69 Å². The van der Waals surface area contributed by atoms with Gasteiger partial charge in [-0.1, -0.05) is 25.1 Å². The van der Waals surface area contributed by atoms with E-state index in [1.165, 1.54) is 36.9 Å². The van der Waals surface area contributed by atoms with Gasteiger partial charge in [0, 0.05) is 32.4 Å². The number of rotatable bonds is 7. The minimum Gasteiger partial charge on any atom is -0.376 e. The molecule has 0 aliphatic carbocycles. The van der Waals surface area contributed by atoms with E-state index in [1.54, 1.807) is 0 Å². The fraction of sp³-hybridized carbons (Fsp3) is 0.647. The van der Waals surface area contributed by atoms with Gasteiger partial charge < -0.3 is 15.0 Å². The quantitative estimate of drug-likeness (QED) is 0.774. The zero-order chi connectivity index (χ0) is 14.2. The number of hydrogen-bond donors (Lipinski definition) is 1. The molecule has 2 rings (SSSR count). The maximum Gasteiger partial charge on any atom is 0.0749 e. The number of para-hydroxylation sites is 1. The van der Waals surface area contributed by atoms with E-state index in [4.69, 9.17) is 4.74 Å². The van der Waals surface area contributed by atoms with Gasteiger partial charge >= 0.3 is 0 Å². The van der Waals surface area contributed by atoms with Gasteiger partial charge in [0.05, 0.1) is 6.10 Å². The van der Waals surface area contributed by atoms with Crippen LogP contribution in [0.4, 0.5) is 5.69 Å². The highest BCUT2D eigenvalue weighted by atomic mass is 16.5. The van der Waals surface area contributed by atoms with Gasteiger partial charge in [-0.05, 0) is 43.9 Å². The highest BCUT2D eigenvalue weighted by molar-refractivity contribution is 5.53. The van der Waals surface area contributed by atoms with Gasteiger partial charge in [-0.3, -0.25) is 0 Å². The SMILES string of the molecule is CCCNCc1ccccc1N(C)CC1CCCCO1. The summed E-state index contributed by atoms with van der Waals surface area (Å²) in [5.74, 6) is 0. The summed E-state index contributed by atoms with van der Waals surface area (Å²) in [7, 11) is 2.18. The second-order valence-corrected chi connectivity index (χ2v) is 5.67. The van der Waals surface area contributed by atoms with Crippen LogP contribution in [0.15, 0.2) is 24.3 Å². The molecular weight excluding hydrogens is 248 g/mol. The number of benzene rings is 1. The third kappa shape index (κ3) is 4.50. The lowest BCUT2D eigenvalue weighted by molar-refractivity contribution is 0.0216. The van der Waals surface area contributed by atoms with Gasteiger partial charge in [-0.25, -0.2) is 0 Å². The first kappa shape index (κ1) is 15.3. The molecule has 1 unspecified atom stereocenters. The van der Waals surface area contributed by atoms with Crippen LogP contribution < -0.4 is 10.2 Å². The Morgan fingerprint density at radius 3 is 2.90 bits per heavy atom. The van der Waals surface area contributed by atoms with Gasteiger partial charge in [0.25, 0.3) is 0 Å². The Kier molecular flexibility index (Phi) is 6.34. The topological polar surface area (TPSA) is 24.5 Å². The van der Waals surface area contributed by atoms with Crippen LogP contribution in [0.25, 0.3) is 0 Å². The predicted molar refractivity (Wildman–Crippen MR) is 85.3 cm³/mol. The van der Waals surface area contributed by atoms with Crippen LogP contribution >= 0.6 is 0 Å². The summed E-state index contributed by atoms with van der Waals surface area (Å²) in [6.07, 6.45) is 5.29. The van der Waals surface area contributed by atoms with Crippen LogP contribution in [0.3, 0.4) is 0 Å². The third-order valence-electron chi connectivity index (χ3n) is 3.90. The van der Waals surface area contributed by atoms with E-state index in [1.807, 2.05) is 0 Å². The Hall–Kier alpha value is -1.06. The molecule has 3 nitrogen and oxygen atoms in total. The van der Waals surface area contributed by atoms with Crippen molar-refractivity contribution in [1.82, 2.24) is 5.32 Å². The average Bonchev–Trinajstić information content (AvgIpc) is 2.49. The monoisotopic (exact) mass is 276 g/mol. The van der Waals surface area contributed by atoms with E-state index in [-0.39, 0.29) is 0 Å². The molecule has 0 bridgehead atoms. The maximum atomic E-state index is 5.85. The molecule has 0 aromatic heterocycles. The normalized spacial score (nSPS) is 19.0. The van der Waals surface area contributed by atoms with Crippen LogP contribution in [0, 0.1) is 0 Å². The molecule has 1 aliphatic heterocycles. The zero-order valence-electron chi connectivity index (χ0n) is 12.9. The molecule has 1 saturated heterocycles. The van der Waals surface area contributed by atoms with E-state index in [0.717, 1.165) is 26.2 Å². The first-order valence-corrected chi connectivity index (χ1v) is 7.92. The molecule has 1 heterocycles. The van der Waals surface area contributed by atoms with Gasteiger partial charge in [0.2, 0.25) is 0 Å². The molecule has 1 atom stereocenters. The summed E-state index contributed by atoms with van der Waals surface area (Å²) in [5.41, 5.74) is 2.70. The summed E-state index contributed by atoms with van der Waals surface area (Å²) in [6, 6.07) is 8.68. The predicted octanol–water partition coefficient (Wildman–Crippen LogP) is 3.19. The lowest BCUT2D eigenvalue weighted by Crippen LogP contribution is -2.34. The van der Waals surface area contributed by atoms with Crippen LogP contribution in [0.5, 0.6) is 0 Å². The lowest BCUT2D eigenvalue weighted by atomic mass is 10.1. The van der Waals surface area contributed by atoms with E-state index >= 15 is 0 Å². The van der Waals surface area contributed by atoms with Crippen molar-refractivity contribution in [3.63, 3.8) is 0 Å². The Balaban J connectivity index is 1.95. The van der Waals surface area contributed by atoms with Crippen molar-refractivity contribution in [2.75, 3.05) is 31.6 Å². The number of anilines is 1. The second kappa shape index (κ2) is 8.28. The standard InChI is InChI=1S/C17H28N2O/c1-3-11-18-13-15-8-4-5-10-17(15)19(2)14-16-9-6-7-12-20-16/h4-5,8,10,16,18H,3,6-7,9,11-14H2,1-2H3. The lowest BCUT2D eigenvalue weighted by Gasteiger charge is -2.30. The number of nitrogens with one attached hydrogen (secondary N) is 1. The van der Waals surface area contributed by atoms with E-state index in [9.17, 15) is 0 Å². The fourth-order valence-corrected chi connectivity index (χ4v) is 2.79. The van der Waals surface area contributed by atoms with Crippen LogP contribution in [0.1, 0.15) is 38.2 Å². The number of hydrogen-bond acceptors (Lipinski definition) is 3. The second-order valence-electron chi connectivity index (χ2n) is 5.67. The van der Waals surface area contributed by atoms with Crippen molar-refractivity contribution < 1.29 is 4.74 Å². The number of nitrogens with zero attached hydrogens (tertiary/aromatic N) is 1. The summed E-state index contributed by atoms with van der Waals surface area (Å²) in [6.45, 7) is 6.14. The highest BCUT2D eigenvalue weighted by Gasteiger charge is 2.17. The molecule has 1 aliphatic rings. The third-order valence-corrected chi connectivity index (χ3v) is 3.90. The molecule has 0 radical (unpaired) electrons. The first-order valence-electron chi connectivity index (χ1n) is 7.92. The molecule has 0 saturated carbocycles. The Bertz CT molecular complexity index is 388. The molecule has 3 heteroatoms. The van der Waals surface area contributed by atoms with Crippen LogP contribution in [-0.4, -0.2) is 32.8 Å². The molecule has 1 N–H and O–H groups in total. The molecule has 112 valence electrons. The van der Waals surface area contributed by atoms with Crippen molar-refractivity contribution in [3.05, 3.63) is 29.8 Å². The van der Waals surface area contributed by atoms with E-state index in [0.29, 0.717) is 6.10 Å². The molecule has 1 fully saturated rings. The minimum atomic E-state index is 0.394. The molecule has 20 heavy (non-hydrogen) atoms. The molecule has 0 amide bonds. The van der Waals surface area contributed by atoms with Crippen molar-refractivity contribution in [1.29, 1.82) is 0 Å². The van der Waals surface area contributed by atoms with Crippen LogP contribution in [0.2, 0.25) is 0 Å². The molecular formula is C17H28N2O. The summed E-state index contributed by atoms with van der Waals surface area (Å²) in [5, 5.41) is 3.49. The summed E-state index contributed by atoms with van der Waals surface area (Å²) in [4.78, 5) is 2.35. The number of likely N-dealkylation sites (N-methyl/N-ethyl adjacent to an activating group) is 1. The maximum absolute atomic E-state index is 5.85. The average molecular weight is 276 g/mol. The van der Waals surface area contributed by atoms with Gasteiger partial charge in [-0.2, -0.15) is 0 Å². The summed E-state index contributed by atoms with van der Waals surface area (Å²) < 4.78 is 5.85. The highest BCUT2D eigenvalue weighted by Crippen LogP contribution is 2.21. The first-order chi connectivity index (χ1) is 9.81. The number of ether oxygens (including phenoxy) is 1. The zero-order valence-corrected chi connectivity index (χ0v) is 12.9. The molecule has 1 aromatic rings. The van der Waals surface area contributed by atoms with Gasteiger partial charge in [0.1, 0.15) is 0 Å². The molecule has 1 aromatic carbocycles. The van der Waals surface area contributed by atoms with Gasteiger partial charge in [0.15, 0.2) is 0 Å².